The van der Waals surface area contributed by atoms with Crippen LogP contribution in [0.25, 0.3) is 88.0 Å². The molecular weight excluding hydrogens is 703 g/mol. The highest BCUT2D eigenvalue weighted by atomic mass is 16.3. The maximum absolute atomic E-state index is 6.68. The second-order valence-electron chi connectivity index (χ2n) is 14.8. The molecule has 1 aromatic heterocycles. The van der Waals surface area contributed by atoms with Crippen LogP contribution in [0.1, 0.15) is 0 Å². The van der Waals surface area contributed by atoms with Crippen LogP contribution < -0.4 is 4.90 Å². The van der Waals surface area contributed by atoms with Gasteiger partial charge in [-0.1, -0.05) is 182 Å². The molecule has 0 radical (unpaired) electrons. The van der Waals surface area contributed by atoms with Crippen molar-refractivity contribution in [3.63, 3.8) is 0 Å². The van der Waals surface area contributed by atoms with Gasteiger partial charge in [-0.05, 0) is 97.4 Å². The van der Waals surface area contributed by atoms with Gasteiger partial charge in [-0.25, -0.2) is 0 Å². The molecule has 11 rings (SSSR count). The van der Waals surface area contributed by atoms with Crippen molar-refractivity contribution >= 4 is 60.5 Å². The summed E-state index contributed by atoms with van der Waals surface area (Å²) >= 11 is 0. The molecule has 0 amide bonds. The molecule has 1 heterocycles. The first kappa shape index (κ1) is 33.6. The van der Waals surface area contributed by atoms with Gasteiger partial charge in [0.2, 0.25) is 0 Å². The fourth-order valence-corrected chi connectivity index (χ4v) is 8.81. The van der Waals surface area contributed by atoms with E-state index in [1.165, 1.54) is 32.7 Å². The Morgan fingerprint density at radius 1 is 0.310 bits per heavy atom. The molecule has 0 aliphatic carbocycles. The SMILES string of the molecule is c1ccc(-c2cccc(N(c3cccc(-c4cc5ccccc5c5ccccc45)c3)c3cccc(-c4cccc5c4oc4ccccc45)c3-c3ccccc3)c2)cc1. The van der Waals surface area contributed by atoms with Gasteiger partial charge >= 0.3 is 0 Å². The van der Waals surface area contributed by atoms with Gasteiger partial charge in [0.05, 0.1) is 5.69 Å². The monoisotopic (exact) mass is 739 g/mol. The van der Waals surface area contributed by atoms with Crippen LogP contribution in [0.2, 0.25) is 0 Å². The Bertz CT molecular complexity index is 3290. The summed E-state index contributed by atoms with van der Waals surface area (Å²) in [5, 5.41) is 7.22. The van der Waals surface area contributed by atoms with E-state index < -0.39 is 0 Å². The molecule has 10 aromatic carbocycles. The zero-order valence-corrected chi connectivity index (χ0v) is 31.7. The standard InChI is InChI=1S/C56H37NO/c1-3-17-38(18-4-1)40-22-13-24-43(35-40)57(44-25-14-23-41(36-44)52-37-42-21-7-8-26-45(42)46-27-9-10-28-47(46)52)53-33-16-30-49(55(53)39-19-5-2-6-20-39)51-32-15-31-50-48-29-11-12-34-54(48)58-56(50)51/h1-37H. The summed E-state index contributed by atoms with van der Waals surface area (Å²) in [6.07, 6.45) is 0. The minimum atomic E-state index is 0.889. The number of para-hydroxylation sites is 2. The molecule has 0 saturated carbocycles. The minimum absolute atomic E-state index is 0.889. The molecule has 0 atom stereocenters. The van der Waals surface area contributed by atoms with Gasteiger partial charge in [-0.2, -0.15) is 0 Å². The lowest BCUT2D eigenvalue weighted by molar-refractivity contribution is 0.670. The summed E-state index contributed by atoms with van der Waals surface area (Å²) < 4.78 is 6.68. The number of hydrogen-bond donors (Lipinski definition) is 0. The van der Waals surface area contributed by atoms with E-state index in [1.807, 2.05) is 6.07 Å². The number of nitrogens with zero attached hydrogens (tertiary/aromatic N) is 1. The maximum Gasteiger partial charge on any atom is 0.143 e. The molecule has 2 heteroatoms. The Morgan fingerprint density at radius 3 is 1.66 bits per heavy atom. The van der Waals surface area contributed by atoms with Crippen LogP contribution in [0.4, 0.5) is 17.1 Å². The smallest absolute Gasteiger partial charge is 0.143 e. The van der Waals surface area contributed by atoms with Gasteiger partial charge in [0.25, 0.3) is 0 Å². The predicted molar refractivity (Wildman–Crippen MR) is 245 cm³/mol. The van der Waals surface area contributed by atoms with Gasteiger partial charge in [0.15, 0.2) is 0 Å². The van der Waals surface area contributed by atoms with E-state index in [0.29, 0.717) is 0 Å². The second-order valence-corrected chi connectivity index (χ2v) is 14.8. The Kier molecular flexibility index (Phi) is 8.19. The number of furan rings is 1. The summed E-state index contributed by atoms with van der Waals surface area (Å²) in [7, 11) is 0. The van der Waals surface area contributed by atoms with Crippen molar-refractivity contribution in [2.45, 2.75) is 0 Å². The molecule has 0 unspecified atom stereocenters. The summed E-state index contributed by atoms with van der Waals surface area (Å²) in [6.45, 7) is 0. The van der Waals surface area contributed by atoms with E-state index in [2.05, 4.69) is 223 Å². The Labute approximate surface area is 337 Å². The normalized spacial score (nSPS) is 11.4. The second kappa shape index (κ2) is 14.1. The Hall–Kier alpha value is -7.68. The van der Waals surface area contributed by atoms with Gasteiger partial charge in [-0.15, -0.1) is 0 Å². The van der Waals surface area contributed by atoms with Crippen LogP contribution in [0.15, 0.2) is 229 Å². The van der Waals surface area contributed by atoms with Crippen LogP contribution in [0.5, 0.6) is 0 Å². The van der Waals surface area contributed by atoms with Crippen molar-refractivity contribution < 1.29 is 4.42 Å². The molecule has 0 bridgehead atoms. The highest BCUT2D eigenvalue weighted by Gasteiger charge is 2.23. The highest BCUT2D eigenvalue weighted by Crippen LogP contribution is 2.48. The number of anilines is 3. The van der Waals surface area contributed by atoms with E-state index >= 15 is 0 Å². The molecule has 0 fully saturated rings. The van der Waals surface area contributed by atoms with Crippen molar-refractivity contribution in [1.29, 1.82) is 0 Å². The van der Waals surface area contributed by atoms with E-state index in [0.717, 1.165) is 72.4 Å². The zero-order chi connectivity index (χ0) is 38.4. The maximum atomic E-state index is 6.68. The summed E-state index contributed by atoms with van der Waals surface area (Å²) in [5.74, 6) is 0. The minimum Gasteiger partial charge on any atom is -0.455 e. The molecule has 272 valence electrons. The molecule has 0 aliphatic rings. The molecule has 2 nitrogen and oxygen atoms in total. The summed E-state index contributed by atoms with van der Waals surface area (Å²) in [5.41, 5.74) is 14.1. The third-order valence-corrected chi connectivity index (χ3v) is 11.4. The van der Waals surface area contributed by atoms with E-state index in [1.54, 1.807) is 0 Å². The lowest BCUT2D eigenvalue weighted by Gasteiger charge is -2.30. The van der Waals surface area contributed by atoms with Crippen molar-refractivity contribution in [3.05, 3.63) is 224 Å². The fraction of sp³-hybridized carbons (Fsp3) is 0. The van der Waals surface area contributed by atoms with Crippen LogP contribution in [0.3, 0.4) is 0 Å². The van der Waals surface area contributed by atoms with E-state index in [9.17, 15) is 0 Å². The lowest BCUT2D eigenvalue weighted by atomic mass is 9.90. The third-order valence-electron chi connectivity index (χ3n) is 11.4. The molecule has 0 spiro atoms. The molecule has 11 aromatic rings. The first-order valence-corrected chi connectivity index (χ1v) is 19.8. The van der Waals surface area contributed by atoms with Crippen LogP contribution in [-0.4, -0.2) is 0 Å². The van der Waals surface area contributed by atoms with Crippen LogP contribution in [0, 0.1) is 0 Å². The Morgan fingerprint density at radius 2 is 0.862 bits per heavy atom. The zero-order valence-electron chi connectivity index (χ0n) is 31.7. The fourth-order valence-electron chi connectivity index (χ4n) is 8.81. The summed E-state index contributed by atoms with van der Waals surface area (Å²) in [4.78, 5) is 2.43. The topological polar surface area (TPSA) is 16.4 Å². The van der Waals surface area contributed by atoms with Gasteiger partial charge < -0.3 is 9.32 Å². The average Bonchev–Trinajstić information content (AvgIpc) is 3.69. The molecule has 0 saturated heterocycles. The third kappa shape index (κ3) is 5.74. The van der Waals surface area contributed by atoms with Crippen molar-refractivity contribution in [3.8, 4) is 44.5 Å². The largest absolute Gasteiger partial charge is 0.455 e. The van der Waals surface area contributed by atoms with Crippen molar-refractivity contribution in [2.24, 2.45) is 0 Å². The average molecular weight is 740 g/mol. The van der Waals surface area contributed by atoms with Crippen molar-refractivity contribution in [1.82, 2.24) is 0 Å². The quantitative estimate of drug-likeness (QED) is 0.151. The molecule has 58 heavy (non-hydrogen) atoms. The molecular formula is C56H37NO. The van der Waals surface area contributed by atoms with Crippen LogP contribution in [-0.2, 0) is 0 Å². The van der Waals surface area contributed by atoms with Gasteiger partial charge in [0, 0.05) is 33.3 Å². The van der Waals surface area contributed by atoms with Crippen LogP contribution >= 0.6 is 0 Å². The first-order chi connectivity index (χ1) is 28.8. The van der Waals surface area contributed by atoms with Gasteiger partial charge in [0.1, 0.15) is 11.2 Å². The highest BCUT2D eigenvalue weighted by molar-refractivity contribution is 6.14. The summed E-state index contributed by atoms with van der Waals surface area (Å²) in [6, 6.07) is 80.7. The van der Waals surface area contributed by atoms with E-state index in [4.69, 9.17) is 4.42 Å². The number of fused-ring (bicyclic) bond motifs is 6. The number of hydrogen-bond acceptors (Lipinski definition) is 2. The van der Waals surface area contributed by atoms with E-state index in [-0.39, 0.29) is 0 Å². The number of rotatable bonds is 7. The molecule has 0 N–H and O–H groups in total. The van der Waals surface area contributed by atoms with Crippen molar-refractivity contribution in [2.75, 3.05) is 4.90 Å². The predicted octanol–water partition coefficient (Wildman–Crippen LogP) is 16.0. The number of benzene rings is 10. The molecule has 0 aliphatic heterocycles. The van der Waals surface area contributed by atoms with Gasteiger partial charge in [-0.3, -0.25) is 0 Å². The first-order valence-electron chi connectivity index (χ1n) is 19.8. The Balaban J connectivity index is 1.19. The lowest BCUT2D eigenvalue weighted by Crippen LogP contribution is -2.12.